The van der Waals surface area contributed by atoms with Crippen LogP contribution < -0.4 is 5.32 Å². The molecule has 0 radical (unpaired) electrons. The maximum atomic E-state index is 12.3. The fraction of sp³-hybridized carbons (Fsp3) is 0.190. The van der Waals surface area contributed by atoms with Crippen molar-refractivity contribution in [2.75, 3.05) is 11.1 Å². The monoisotopic (exact) mass is 363 g/mol. The zero-order valence-electron chi connectivity index (χ0n) is 14.9. The molecule has 26 heavy (non-hydrogen) atoms. The Bertz CT molecular complexity index is 877. The molecular weight excluding hydrogens is 342 g/mol. The van der Waals surface area contributed by atoms with Crippen LogP contribution in [0.4, 0.5) is 5.69 Å². The van der Waals surface area contributed by atoms with Gasteiger partial charge in [-0.1, -0.05) is 48.9 Å². The van der Waals surface area contributed by atoms with Gasteiger partial charge in [0.15, 0.2) is 0 Å². The summed E-state index contributed by atoms with van der Waals surface area (Å²) in [7, 11) is 0. The predicted molar refractivity (Wildman–Crippen MR) is 107 cm³/mol. The summed E-state index contributed by atoms with van der Waals surface area (Å²) in [4.78, 5) is 12.3. The first kappa shape index (κ1) is 18.1. The normalized spacial score (nSPS) is 10.5. The highest BCUT2D eigenvalue weighted by Gasteiger charge is 2.07. The van der Waals surface area contributed by atoms with Gasteiger partial charge in [-0.2, -0.15) is 0 Å². The minimum atomic E-state index is -0.0354. The lowest BCUT2D eigenvalue weighted by Gasteiger charge is -2.08. The number of rotatable bonds is 6. The fourth-order valence-electron chi connectivity index (χ4n) is 2.55. The highest BCUT2D eigenvalue weighted by atomic mass is 32.2. The average Bonchev–Trinajstić information content (AvgIpc) is 2.65. The summed E-state index contributed by atoms with van der Waals surface area (Å²) in [6.07, 6.45) is 0.354. The molecule has 0 aliphatic carbocycles. The minimum Gasteiger partial charge on any atom is -0.326 e. The third-order valence-electron chi connectivity index (χ3n) is 3.86. The van der Waals surface area contributed by atoms with E-state index in [0.29, 0.717) is 6.42 Å². The van der Waals surface area contributed by atoms with E-state index in [0.717, 1.165) is 33.3 Å². The van der Waals surface area contributed by atoms with Gasteiger partial charge < -0.3 is 5.32 Å². The maximum Gasteiger partial charge on any atom is 0.228 e. The smallest absolute Gasteiger partial charge is 0.228 e. The Labute approximate surface area is 158 Å². The molecule has 0 fully saturated rings. The van der Waals surface area contributed by atoms with E-state index in [1.54, 1.807) is 11.8 Å². The number of benzene rings is 2. The molecule has 1 amide bonds. The Kier molecular flexibility index (Phi) is 6.02. The van der Waals surface area contributed by atoms with Gasteiger partial charge in [0.05, 0.1) is 12.1 Å². The van der Waals surface area contributed by atoms with Gasteiger partial charge in [0.25, 0.3) is 0 Å². The van der Waals surface area contributed by atoms with E-state index >= 15 is 0 Å². The van der Waals surface area contributed by atoms with Gasteiger partial charge in [-0.25, -0.2) is 0 Å². The van der Waals surface area contributed by atoms with Crippen LogP contribution in [0.25, 0.3) is 11.3 Å². The van der Waals surface area contributed by atoms with Gasteiger partial charge in [-0.05, 0) is 42.5 Å². The molecule has 1 N–H and O–H groups in total. The molecular formula is C21H21N3OS. The number of thioether (sulfide) groups is 1. The van der Waals surface area contributed by atoms with Gasteiger partial charge in [0, 0.05) is 11.3 Å². The Morgan fingerprint density at radius 3 is 2.54 bits per heavy atom. The van der Waals surface area contributed by atoms with Crippen LogP contribution in [-0.4, -0.2) is 21.9 Å². The molecule has 132 valence electrons. The van der Waals surface area contributed by atoms with Crippen molar-refractivity contribution >= 4 is 23.4 Å². The SMILES string of the molecule is CCSc1ccc(-c2cccc(NC(=O)Cc3ccc(C)cc3)c2)nn1. The van der Waals surface area contributed by atoms with E-state index in [9.17, 15) is 4.79 Å². The van der Waals surface area contributed by atoms with Crippen molar-refractivity contribution < 1.29 is 4.79 Å². The fourth-order valence-corrected chi connectivity index (χ4v) is 3.11. The van der Waals surface area contributed by atoms with Crippen LogP contribution in [0.3, 0.4) is 0 Å². The number of anilines is 1. The molecule has 0 unspecified atom stereocenters. The molecule has 5 heteroatoms. The third-order valence-corrected chi connectivity index (χ3v) is 4.66. The molecule has 0 bridgehead atoms. The molecule has 1 aromatic heterocycles. The van der Waals surface area contributed by atoms with Crippen LogP contribution in [0.15, 0.2) is 65.7 Å². The van der Waals surface area contributed by atoms with Crippen molar-refractivity contribution in [2.45, 2.75) is 25.3 Å². The molecule has 0 spiro atoms. The van der Waals surface area contributed by atoms with Crippen molar-refractivity contribution in [3.8, 4) is 11.3 Å². The molecule has 1 heterocycles. The van der Waals surface area contributed by atoms with Crippen molar-refractivity contribution in [3.05, 3.63) is 71.8 Å². The number of aryl methyl sites for hydroxylation is 1. The highest BCUT2D eigenvalue weighted by molar-refractivity contribution is 7.99. The van der Waals surface area contributed by atoms with Crippen molar-refractivity contribution in [3.63, 3.8) is 0 Å². The summed E-state index contributed by atoms with van der Waals surface area (Å²) in [6, 6.07) is 19.6. The quantitative estimate of drug-likeness (QED) is 0.643. The van der Waals surface area contributed by atoms with Crippen molar-refractivity contribution in [1.82, 2.24) is 10.2 Å². The Balaban J connectivity index is 1.68. The first-order valence-corrected chi connectivity index (χ1v) is 9.55. The number of amides is 1. The van der Waals surface area contributed by atoms with Crippen LogP contribution in [-0.2, 0) is 11.2 Å². The second kappa shape index (κ2) is 8.63. The van der Waals surface area contributed by atoms with Crippen LogP contribution in [0.5, 0.6) is 0 Å². The molecule has 0 aliphatic rings. The maximum absolute atomic E-state index is 12.3. The van der Waals surface area contributed by atoms with Gasteiger partial charge in [0.1, 0.15) is 5.03 Å². The van der Waals surface area contributed by atoms with Crippen molar-refractivity contribution in [2.24, 2.45) is 0 Å². The van der Waals surface area contributed by atoms with E-state index in [4.69, 9.17) is 0 Å². The second-order valence-electron chi connectivity index (χ2n) is 5.98. The van der Waals surface area contributed by atoms with E-state index in [1.165, 1.54) is 5.56 Å². The lowest BCUT2D eigenvalue weighted by Crippen LogP contribution is -2.14. The minimum absolute atomic E-state index is 0.0354. The van der Waals surface area contributed by atoms with Crippen molar-refractivity contribution in [1.29, 1.82) is 0 Å². The number of carbonyl (C=O) groups is 1. The number of nitrogens with zero attached hydrogens (tertiary/aromatic N) is 2. The molecule has 0 saturated heterocycles. The van der Waals surface area contributed by atoms with Gasteiger partial charge in [0.2, 0.25) is 5.91 Å². The number of hydrogen-bond donors (Lipinski definition) is 1. The first-order chi connectivity index (χ1) is 12.6. The molecule has 0 atom stereocenters. The molecule has 0 aliphatic heterocycles. The largest absolute Gasteiger partial charge is 0.326 e. The molecule has 2 aromatic carbocycles. The summed E-state index contributed by atoms with van der Waals surface area (Å²) in [5.41, 5.74) is 4.66. The topological polar surface area (TPSA) is 54.9 Å². The van der Waals surface area contributed by atoms with Crippen LogP contribution >= 0.6 is 11.8 Å². The molecule has 3 rings (SSSR count). The van der Waals surface area contributed by atoms with Crippen LogP contribution in [0, 0.1) is 6.92 Å². The third kappa shape index (κ3) is 4.92. The zero-order chi connectivity index (χ0) is 18.4. The standard InChI is InChI=1S/C21H21N3OS/c1-3-26-21-12-11-19(23-24-21)17-5-4-6-18(14-17)22-20(25)13-16-9-7-15(2)8-10-16/h4-12,14H,3,13H2,1-2H3,(H,22,25). The van der Waals surface area contributed by atoms with E-state index in [-0.39, 0.29) is 5.91 Å². The van der Waals surface area contributed by atoms with E-state index < -0.39 is 0 Å². The zero-order valence-corrected chi connectivity index (χ0v) is 15.7. The predicted octanol–water partition coefficient (Wildman–Crippen LogP) is 4.75. The molecule has 3 aromatic rings. The van der Waals surface area contributed by atoms with Crippen LogP contribution in [0.2, 0.25) is 0 Å². The average molecular weight is 363 g/mol. The summed E-state index contributed by atoms with van der Waals surface area (Å²) in [6.45, 7) is 4.12. The Morgan fingerprint density at radius 2 is 1.85 bits per heavy atom. The summed E-state index contributed by atoms with van der Waals surface area (Å²) in [5.74, 6) is 0.933. The second-order valence-corrected chi connectivity index (χ2v) is 7.27. The summed E-state index contributed by atoms with van der Waals surface area (Å²) >= 11 is 1.66. The number of hydrogen-bond acceptors (Lipinski definition) is 4. The number of carbonyl (C=O) groups excluding carboxylic acids is 1. The molecule has 4 nitrogen and oxygen atoms in total. The summed E-state index contributed by atoms with van der Waals surface area (Å²) in [5, 5.41) is 12.4. The van der Waals surface area contributed by atoms with Crippen LogP contribution in [0.1, 0.15) is 18.1 Å². The highest BCUT2D eigenvalue weighted by Crippen LogP contribution is 2.22. The van der Waals surface area contributed by atoms with Gasteiger partial charge in [-0.15, -0.1) is 22.0 Å². The number of aromatic nitrogens is 2. The van der Waals surface area contributed by atoms with E-state index in [2.05, 4.69) is 22.4 Å². The first-order valence-electron chi connectivity index (χ1n) is 8.56. The lowest BCUT2D eigenvalue weighted by molar-refractivity contribution is -0.115. The Morgan fingerprint density at radius 1 is 1.04 bits per heavy atom. The van der Waals surface area contributed by atoms with E-state index in [1.807, 2.05) is 67.6 Å². The van der Waals surface area contributed by atoms with Gasteiger partial charge in [-0.3, -0.25) is 4.79 Å². The molecule has 0 saturated carbocycles. The Hall–Kier alpha value is -2.66. The van der Waals surface area contributed by atoms with Gasteiger partial charge >= 0.3 is 0 Å². The lowest BCUT2D eigenvalue weighted by atomic mass is 10.1. The number of nitrogens with one attached hydrogen (secondary N) is 1. The summed E-state index contributed by atoms with van der Waals surface area (Å²) < 4.78 is 0.